The van der Waals surface area contributed by atoms with Crippen LogP contribution in [-0.4, -0.2) is 43.6 Å². The molecule has 4 nitrogen and oxygen atoms in total. The zero-order valence-corrected chi connectivity index (χ0v) is 18.0. The van der Waals surface area contributed by atoms with Gasteiger partial charge in [0.2, 0.25) is 5.95 Å². The number of nitrogens with one attached hydrogen (secondary N) is 1. The Morgan fingerprint density at radius 1 is 1.31 bits per heavy atom. The van der Waals surface area contributed by atoms with Gasteiger partial charge in [0.1, 0.15) is 21.6 Å². The molecule has 1 aliphatic rings. The van der Waals surface area contributed by atoms with E-state index in [2.05, 4.69) is 14.6 Å². The third kappa shape index (κ3) is 5.71. The molecule has 1 N–H and O–H groups in total. The average molecular weight is 445 g/mol. The Morgan fingerprint density at radius 2 is 2.10 bits per heavy atom. The molecule has 1 saturated heterocycles. The first kappa shape index (κ1) is 22.1. The van der Waals surface area contributed by atoms with Crippen LogP contribution in [0.1, 0.15) is 19.3 Å². The normalized spacial score (nSPS) is 16.7. The lowest BCUT2D eigenvalue weighted by molar-refractivity contribution is 0.373. The monoisotopic (exact) mass is 444 g/mol. The maximum Gasteiger partial charge on any atom is 0.214 e. The van der Waals surface area contributed by atoms with Crippen LogP contribution in [0, 0.1) is 23.5 Å². The highest BCUT2D eigenvalue weighted by Crippen LogP contribution is 2.39. The lowest BCUT2D eigenvalue weighted by Gasteiger charge is -2.22. The number of rotatable bonds is 8. The molecule has 1 atom stereocenters. The molecule has 3 rings (SSSR count). The lowest BCUT2D eigenvalue weighted by atomic mass is 10.0. The van der Waals surface area contributed by atoms with Crippen molar-refractivity contribution in [2.75, 3.05) is 43.4 Å². The molecule has 9 heteroatoms. The van der Waals surface area contributed by atoms with Crippen LogP contribution in [0.2, 0.25) is 5.02 Å². The number of nitrogens with zero attached hydrogens (tertiary/aromatic N) is 3. The first-order valence-corrected chi connectivity index (χ1v) is 10.7. The van der Waals surface area contributed by atoms with Gasteiger partial charge in [-0.25, -0.2) is 13.8 Å². The second-order valence-electron chi connectivity index (χ2n) is 7.43. The van der Waals surface area contributed by atoms with Gasteiger partial charge in [-0.05, 0) is 69.9 Å². The standard InChI is InChI=1S/C20H24ClF3N4S/c1-27(2)9-4-5-13-8-10-28(12-13)15-11-14(22)20(19(24)18(15)21)29-26-17-7-3-6-16(23)25-17/h3,6-7,11,13H,4-5,8-10,12H2,1-2H3,(H,25,26). The Labute approximate surface area is 178 Å². The summed E-state index contributed by atoms with van der Waals surface area (Å²) in [5.74, 6) is -1.57. The van der Waals surface area contributed by atoms with Crippen LogP contribution in [0.15, 0.2) is 29.2 Å². The Bertz CT molecular complexity index is 853. The molecule has 0 radical (unpaired) electrons. The minimum Gasteiger partial charge on any atom is -0.370 e. The number of aromatic nitrogens is 1. The van der Waals surface area contributed by atoms with Gasteiger partial charge in [0.25, 0.3) is 0 Å². The van der Waals surface area contributed by atoms with Crippen molar-refractivity contribution in [1.82, 2.24) is 9.88 Å². The van der Waals surface area contributed by atoms with Gasteiger partial charge in [-0.15, -0.1) is 0 Å². The first-order valence-electron chi connectivity index (χ1n) is 9.47. The van der Waals surface area contributed by atoms with E-state index in [4.69, 9.17) is 11.6 Å². The highest BCUT2D eigenvalue weighted by atomic mass is 35.5. The number of hydrogen-bond donors (Lipinski definition) is 1. The maximum absolute atomic E-state index is 14.8. The number of anilines is 2. The highest BCUT2D eigenvalue weighted by Gasteiger charge is 2.27. The summed E-state index contributed by atoms with van der Waals surface area (Å²) in [6.45, 7) is 2.49. The summed E-state index contributed by atoms with van der Waals surface area (Å²) < 4.78 is 45.2. The van der Waals surface area contributed by atoms with Crippen LogP contribution in [0.5, 0.6) is 0 Å². The number of hydrogen-bond acceptors (Lipinski definition) is 5. The van der Waals surface area contributed by atoms with E-state index in [0.29, 0.717) is 23.6 Å². The van der Waals surface area contributed by atoms with E-state index in [1.54, 1.807) is 0 Å². The van der Waals surface area contributed by atoms with Crippen LogP contribution < -0.4 is 9.62 Å². The largest absolute Gasteiger partial charge is 0.370 e. The summed E-state index contributed by atoms with van der Waals surface area (Å²) in [5.41, 5.74) is 0.380. The molecule has 158 valence electrons. The maximum atomic E-state index is 14.8. The summed E-state index contributed by atoms with van der Waals surface area (Å²) in [6, 6.07) is 5.42. The molecule has 1 fully saturated rings. The zero-order valence-electron chi connectivity index (χ0n) is 16.4. The van der Waals surface area contributed by atoms with Crippen LogP contribution >= 0.6 is 23.5 Å². The number of pyridine rings is 1. The molecule has 1 aromatic carbocycles. The SMILES string of the molecule is CN(C)CCCC1CCN(c2cc(F)c(SNc3cccc(F)n3)c(F)c2Cl)C1. The van der Waals surface area contributed by atoms with Gasteiger partial charge in [0.15, 0.2) is 5.82 Å². The molecule has 29 heavy (non-hydrogen) atoms. The molecular formula is C20H24ClF3N4S. The van der Waals surface area contributed by atoms with E-state index in [-0.39, 0.29) is 15.7 Å². The molecule has 1 aromatic heterocycles. The Hall–Kier alpha value is -1.64. The van der Waals surface area contributed by atoms with Crippen molar-refractivity contribution in [2.24, 2.45) is 5.92 Å². The van der Waals surface area contributed by atoms with E-state index >= 15 is 0 Å². The second-order valence-corrected chi connectivity index (χ2v) is 8.62. The third-order valence-corrected chi connectivity index (χ3v) is 6.16. The minimum atomic E-state index is -0.827. The van der Waals surface area contributed by atoms with Gasteiger partial charge in [-0.2, -0.15) is 4.39 Å². The van der Waals surface area contributed by atoms with Gasteiger partial charge in [0, 0.05) is 19.2 Å². The topological polar surface area (TPSA) is 31.4 Å². The fourth-order valence-corrected chi connectivity index (χ4v) is 4.43. The molecule has 0 amide bonds. The van der Waals surface area contributed by atoms with E-state index < -0.39 is 17.6 Å². The Kier molecular flexibility index (Phi) is 7.54. The predicted octanol–water partition coefficient (Wildman–Crippen LogP) is 5.44. The fraction of sp³-hybridized carbons (Fsp3) is 0.450. The summed E-state index contributed by atoms with van der Waals surface area (Å²) in [5, 5.41) is -0.100. The molecule has 1 unspecified atom stereocenters. The molecule has 0 bridgehead atoms. The Morgan fingerprint density at radius 3 is 2.83 bits per heavy atom. The van der Waals surface area contributed by atoms with Crippen molar-refractivity contribution in [3.63, 3.8) is 0 Å². The van der Waals surface area contributed by atoms with Crippen LogP contribution in [0.25, 0.3) is 0 Å². The van der Waals surface area contributed by atoms with Crippen molar-refractivity contribution in [2.45, 2.75) is 24.2 Å². The molecule has 0 aliphatic carbocycles. The molecule has 0 saturated carbocycles. The molecular weight excluding hydrogens is 421 g/mol. The zero-order chi connectivity index (χ0) is 21.0. The lowest BCUT2D eigenvalue weighted by Crippen LogP contribution is -2.21. The van der Waals surface area contributed by atoms with Gasteiger partial charge >= 0.3 is 0 Å². The van der Waals surface area contributed by atoms with Crippen molar-refractivity contribution < 1.29 is 13.2 Å². The number of halogens is 4. The van der Waals surface area contributed by atoms with Crippen LogP contribution in [-0.2, 0) is 0 Å². The van der Waals surface area contributed by atoms with Gasteiger partial charge < -0.3 is 14.5 Å². The van der Waals surface area contributed by atoms with Crippen molar-refractivity contribution >= 4 is 35.1 Å². The quantitative estimate of drug-likeness (QED) is 0.333. The van der Waals surface area contributed by atoms with Crippen molar-refractivity contribution in [3.8, 4) is 0 Å². The van der Waals surface area contributed by atoms with Gasteiger partial charge in [-0.1, -0.05) is 17.7 Å². The average Bonchev–Trinajstić information content (AvgIpc) is 3.13. The van der Waals surface area contributed by atoms with Crippen molar-refractivity contribution in [3.05, 3.63) is 46.9 Å². The van der Waals surface area contributed by atoms with E-state index in [1.807, 2.05) is 19.0 Å². The van der Waals surface area contributed by atoms with Crippen molar-refractivity contribution in [1.29, 1.82) is 0 Å². The summed E-state index contributed by atoms with van der Waals surface area (Å²) in [7, 11) is 4.09. The van der Waals surface area contributed by atoms with Crippen LogP contribution in [0.3, 0.4) is 0 Å². The smallest absolute Gasteiger partial charge is 0.214 e. The van der Waals surface area contributed by atoms with E-state index in [0.717, 1.165) is 38.9 Å². The van der Waals surface area contributed by atoms with Gasteiger partial charge in [-0.3, -0.25) is 0 Å². The summed E-state index contributed by atoms with van der Waals surface area (Å²) in [6.07, 6.45) is 3.16. The fourth-order valence-electron chi connectivity index (χ4n) is 3.44. The summed E-state index contributed by atoms with van der Waals surface area (Å²) in [4.78, 5) is 7.43. The summed E-state index contributed by atoms with van der Waals surface area (Å²) >= 11 is 6.92. The highest BCUT2D eigenvalue weighted by molar-refractivity contribution is 8.00. The van der Waals surface area contributed by atoms with Crippen LogP contribution in [0.4, 0.5) is 24.7 Å². The number of benzene rings is 1. The second kappa shape index (κ2) is 9.91. The molecule has 2 aromatic rings. The first-order chi connectivity index (χ1) is 13.8. The van der Waals surface area contributed by atoms with E-state index in [1.165, 1.54) is 24.3 Å². The third-order valence-electron chi connectivity index (χ3n) is 4.91. The molecule has 0 spiro atoms. The molecule has 1 aliphatic heterocycles. The predicted molar refractivity (Wildman–Crippen MR) is 113 cm³/mol. The minimum absolute atomic E-state index is 0.100. The Balaban J connectivity index is 1.67. The molecule has 2 heterocycles. The van der Waals surface area contributed by atoms with Gasteiger partial charge in [0.05, 0.1) is 5.69 Å². The van der Waals surface area contributed by atoms with E-state index in [9.17, 15) is 13.2 Å².